The molecule has 3 aromatic rings. The third-order valence-electron chi connectivity index (χ3n) is 4.57. The maximum Gasteiger partial charge on any atom is 0.255 e. The van der Waals surface area contributed by atoms with Gasteiger partial charge in [-0.3, -0.25) is 9.89 Å². The van der Waals surface area contributed by atoms with Crippen LogP contribution in [0, 0.1) is 6.92 Å². The van der Waals surface area contributed by atoms with Crippen LogP contribution in [0.25, 0.3) is 11.4 Å². The molecule has 5 heteroatoms. The molecule has 0 saturated heterocycles. The highest BCUT2D eigenvalue weighted by atomic mass is 16.1. The zero-order valence-corrected chi connectivity index (χ0v) is 13.5. The quantitative estimate of drug-likeness (QED) is 0.776. The van der Waals surface area contributed by atoms with Gasteiger partial charge in [-0.25, -0.2) is 4.98 Å². The van der Waals surface area contributed by atoms with E-state index >= 15 is 0 Å². The van der Waals surface area contributed by atoms with Gasteiger partial charge in [0.05, 0.1) is 0 Å². The Labute approximate surface area is 140 Å². The Morgan fingerprint density at radius 3 is 2.88 bits per heavy atom. The number of carbonyl (C=O) groups is 1. The summed E-state index contributed by atoms with van der Waals surface area (Å²) in [5.41, 5.74) is 6.27. The van der Waals surface area contributed by atoms with Crippen LogP contribution >= 0.6 is 0 Å². The highest BCUT2D eigenvalue weighted by Gasteiger charge is 2.20. The minimum absolute atomic E-state index is 0.0529. The van der Waals surface area contributed by atoms with Crippen molar-refractivity contribution in [3.05, 3.63) is 65.0 Å². The second kappa shape index (κ2) is 5.92. The summed E-state index contributed by atoms with van der Waals surface area (Å²) in [5.74, 6) is 0.630. The molecule has 24 heavy (non-hydrogen) atoms. The third-order valence-corrected chi connectivity index (χ3v) is 4.57. The van der Waals surface area contributed by atoms with Gasteiger partial charge in [-0.05, 0) is 61.1 Å². The number of nitrogens with zero attached hydrogens (tertiary/aromatic N) is 2. The summed E-state index contributed by atoms with van der Waals surface area (Å²) >= 11 is 0. The SMILES string of the molecule is Cc1ccc(C(=O)Nc2cccc(-c3ncn[nH]3)c2)c2c1CCC2. The van der Waals surface area contributed by atoms with Crippen molar-refractivity contribution in [2.75, 3.05) is 5.32 Å². The first-order chi connectivity index (χ1) is 11.7. The van der Waals surface area contributed by atoms with Crippen molar-refractivity contribution in [1.29, 1.82) is 0 Å². The van der Waals surface area contributed by atoms with Crippen molar-refractivity contribution in [3.8, 4) is 11.4 Å². The van der Waals surface area contributed by atoms with Gasteiger partial charge in [-0.1, -0.05) is 18.2 Å². The van der Waals surface area contributed by atoms with Gasteiger partial charge >= 0.3 is 0 Å². The molecule has 4 rings (SSSR count). The maximum atomic E-state index is 12.7. The number of hydrogen-bond acceptors (Lipinski definition) is 3. The Morgan fingerprint density at radius 2 is 2.04 bits per heavy atom. The Bertz CT molecular complexity index is 900. The van der Waals surface area contributed by atoms with Gasteiger partial charge in [0.1, 0.15) is 6.33 Å². The lowest BCUT2D eigenvalue weighted by Crippen LogP contribution is -2.14. The third kappa shape index (κ3) is 2.58. The molecule has 120 valence electrons. The molecule has 1 aliphatic rings. The largest absolute Gasteiger partial charge is 0.322 e. The molecule has 0 aliphatic heterocycles. The first kappa shape index (κ1) is 14.6. The second-order valence-corrected chi connectivity index (χ2v) is 6.11. The Kier molecular flexibility index (Phi) is 3.61. The lowest BCUT2D eigenvalue weighted by Gasteiger charge is -2.12. The topological polar surface area (TPSA) is 70.7 Å². The fourth-order valence-electron chi connectivity index (χ4n) is 3.39. The lowest BCUT2D eigenvalue weighted by molar-refractivity contribution is 0.102. The van der Waals surface area contributed by atoms with E-state index in [4.69, 9.17) is 0 Å². The van der Waals surface area contributed by atoms with Crippen LogP contribution < -0.4 is 5.32 Å². The van der Waals surface area contributed by atoms with Gasteiger partial charge in [0.2, 0.25) is 0 Å². The molecule has 0 saturated carbocycles. The molecule has 1 aromatic heterocycles. The van der Waals surface area contributed by atoms with E-state index in [1.54, 1.807) is 0 Å². The van der Waals surface area contributed by atoms with Crippen molar-refractivity contribution in [2.24, 2.45) is 0 Å². The summed E-state index contributed by atoms with van der Waals surface area (Å²) in [5, 5.41) is 9.70. The van der Waals surface area contributed by atoms with E-state index in [-0.39, 0.29) is 5.91 Å². The highest BCUT2D eigenvalue weighted by Crippen LogP contribution is 2.29. The normalized spacial score (nSPS) is 12.9. The van der Waals surface area contributed by atoms with Crippen molar-refractivity contribution in [1.82, 2.24) is 15.2 Å². The van der Waals surface area contributed by atoms with E-state index in [2.05, 4.69) is 27.4 Å². The molecule has 5 nitrogen and oxygen atoms in total. The number of H-pyrrole nitrogens is 1. The molecule has 0 spiro atoms. The smallest absolute Gasteiger partial charge is 0.255 e. The first-order valence-electron chi connectivity index (χ1n) is 8.11. The minimum Gasteiger partial charge on any atom is -0.322 e. The Balaban J connectivity index is 1.62. The van der Waals surface area contributed by atoms with Gasteiger partial charge in [-0.15, -0.1) is 0 Å². The Hall–Kier alpha value is -2.95. The molecule has 0 fully saturated rings. The van der Waals surface area contributed by atoms with E-state index in [1.165, 1.54) is 23.0 Å². The summed E-state index contributed by atoms with van der Waals surface area (Å²) in [6.07, 6.45) is 4.65. The van der Waals surface area contributed by atoms with Gasteiger partial charge in [0.15, 0.2) is 5.82 Å². The maximum absolute atomic E-state index is 12.7. The summed E-state index contributed by atoms with van der Waals surface area (Å²) in [4.78, 5) is 16.9. The summed E-state index contributed by atoms with van der Waals surface area (Å²) in [6, 6.07) is 11.6. The minimum atomic E-state index is -0.0529. The second-order valence-electron chi connectivity index (χ2n) is 6.11. The van der Waals surface area contributed by atoms with E-state index in [1.807, 2.05) is 36.4 Å². The molecule has 0 atom stereocenters. The van der Waals surface area contributed by atoms with Crippen molar-refractivity contribution < 1.29 is 4.79 Å². The van der Waals surface area contributed by atoms with E-state index in [0.29, 0.717) is 5.82 Å². The predicted octanol–water partition coefficient (Wildman–Crippen LogP) is 3.52. The number of rotatable bonds is 3. The van der Waals surface area contributed by atoms with Crippen LogP contribution in [0.2, 0.25) is 0 Å². The number of benzene rings is 2. The van der Waals surface area contributed by atoms with Crippen LogP contribution in [0.15, 0.2) is 42.7 Å². The number of aryl methyl sites for hydroxylation is 1. The van der Waals surface area contributed by atoms with E-state index in [9.17, 15) is 4.79 Å². The summed E-state index contributed by atoms with van der Waals surface area (Å²) < 4.78 is 0. The van der Waals surface area contributed by atoms with Gasteiger partial charge in [-0.2, -0.15) is 5.10 Å². The highest BCUT2D eigenvalue weighted by molar-refractivity contribution is 6.06. The summed E-state index contributed by atoms with van der Waals surface area (Å²) in [6.45, 7) is 2.12. The standard InChI is InChI=1S/C19H18N4O/c1-12-8-9-17(16-7-3-6-15(12)16)19(24)22-14-5-2-4-13(10-14)18-20-11-21-23-18/h2,4-5,8-11H,3,6-7H2,1H3,(H,22,24)(H,20,21,23). The van der Waals surface area contributed by atoms with Gasteiger partial charge < -0.3 is 5.32 Å². The van der Waals surface area contributed by atoms with Crippen molar-refractivity contribution in [3.63, 3.8) is 0 Å². The monoisotopic (exact) mass is 318 g/mol. The molecule has 1 amide bonds. The number of fused-ring (bicyclic) bond motifs is 1. The molecular formula is C19H18N4O. The molecule has 2 aromatic carbocycles. The summed E-state index contributed by atoms with van der Waals surface area (Å²) in [7, 11) is 0. The number of anilines is 1. The fraction of sp³-hybridized carbons (Fsp3) is 0.211. The van der Waals surface area contributed by atoms with Crippen LogP contribution in [0.1, 0.15) is 33.5 Å². The van der Waals surface area contributed by atoms with Crippen LogP contribution in [0.5, 0.6) is 0 Å². The molecule has 1 aliphatic carbocycles. The fourth-order valence-corrected chi connectivity index (χ4v) is 3.39. The number of carbonyl (C=O) groups excluding carboxylic acids is 1. The molecule has 2 N–H and O–H groups in total. The molecule has 0 unspecified atom stereocenters. The van der Waals surface area contributed by atoms with Crippen LogP contribution in [0.3, 0.4) is 0 Å². The number of nitrogens with one attached hydrogen (secondary N) is 2. The first-order valence-corrected chi connectivity index (χ1v) is 8.11. The lowest BCUT2D eigenvalue weighted by atomic mass is 9.98. The average Bonchev–Trinajstić information content (AvgIpc) is 3.27. The molecule has 0 radical (unpaired) electrons. The van der Waals surface area contributed by atoms with Gasteiger partial charge in [0, 0.05) is 16.8 Å². The zero-order chi connectivity index (χ0) is 16.5. The van der Waals surface area contributed by atoms with Crippen molar-refractivity contribution >= 4 is 11.6 Å². The van der Waals surface area contributed by atoms with Crippen LogP contribution in [-0.2, 0) is 12.8 Å². The molecular weight excluding hydrogens is 300 g/mol. The predicted molar refractivity (Wildman–Crippen MR) is 93.0 cm³/mol. The van der Waals surface area contributed by atoms with Crippen molar-refractivity contribution in [2.45, 2.75) is 26.2 Å². The molecule has 1 heterocycles. The number of aromatic amines is 1. The zero-order valence-electron chi connectivity index (χ0n) is 13.5. The molecule has 0 bridgehead atoms. The van der Waals surface area contributed by atoms with E-state index in [0.717, 1.165) is 36.1 Å². The average molecular weight is 318 g/mol. The van der Waals surface area contributed by atoms with Crippen LogP contribution in [-0.4, -0.2) is 21.1 Å². The van der Waals surface area contributed by atoms with Gasteiger partial charge in [0.25, 0.3) is 5.91 Å². The Morgan fingerprint density at radius 1 is 1.17 bits per heavy atom. The van der Waals surface area contributed by atoms with Crippen LogP contribution in [0.4, 0.5) is 5.69 Å². The number of aromatic nitrogens is 3. The number of amides is 1. The van der Waals surface area contributed by atoms with E-state index < -0.39 is 0 Å². The number of hydrogen-bond donors (Lipinski definition) is 2.